The molecule has 0 fully saturated rings. The average Bonchev–Trinajstić information content (AvgIpc) is 3.31. The van der Waals surface area contributed by atoms with Crippen molar-refractivity contribution in [1.29, 1.82) is 0 Å². The van der Waals surface area contributed by atoms with Gasteiger partial charge < -0.3 is 19.8 Å². The number of hydrogen-bond acceptors (Lipinski definition) is 4. The van der Waals surface area contributed by atoms with Crippen molar-refractivity contribution in [3.05, 3.63) is 78.0 Å². The van der Waals surface area contributed by atoms with Crippen molar-refractivity contribution < 1.29 is 24.6 Å². The lowest BCUT2D eigenvalue weighted by Gasteiger charge is -2.22. The number of fused-ring (bicyclic) bond motifs is 3. The fraction of sp³-hybridized carbons (Fsp3) is 0.250. The summed E-state index contributed by atoms with van der Waals surface area (Å²) in [5.74, 6) is -2.24. The maximum Gasteiger partial charge on any atom is 0.328 e. The highest BCUT2D eigenvalue weighted by Crippen LogP contribution is 2.35. The van der Waals surface area contributed by atoms with Crippen LogP contribution in [0.15, 0.2) is 55.4 Å². The molecule has 0 radical (unpaired) electrons. The summed E-state index contributed by atoms with van der Waals surface area (Å²) in [6, 6.07) is 8.20. The van der Waals surface area contributed by atoms with Crippen molar-refractivity contribution in [2.24, 2.45) is 5.92 Å². The molecule has 0 bridgehead atoms. The van der Waals surface area contributed by atoms with Gasteiger partial charge in [0.2, 0.25) is 0 Å². The van der Waals surface area contributed by atoms with Gasteiger partial charge in [-0.2, -0.15) is 0 Å². The zero-order valence-corrected chi connectivity index (χ0v) is 17.7. The Bertz CT molecular complexity index is 1190. The molecule has 1 atom stereocenters. The normalized spacial score (nSPS) is 15.3. The lowest BCUT2D eigenvalue weighted by molar-refractivity contribution is -0.134. The number of nitrogens with one attached hydrogen (secondary N) is 1. The van der Waals surface area contributed by atoms with E-state index in [1.807, 2.05) is 25.1 Å². The number of aromatic amines is 1. The second-order valence-electron chi connectivity index (χ2n) is 7.53. The highest BCUT2D eigenvalue weighted by Gasteiger charge is 2.33. The van der Waals surface area contributed by atoms with Gasteiger partial charge in [0.15, 0.2) is 5.78 Å². The second kappa shape index (κ2) is 9.91. The maximum absolute atomic E-state index is 13.2. The fourth-order valence-electron chi connectivity index (χ4n) is 4.04. The van der Waals surface area contributed by atoms with E-state index < -0.39 is 11.9 Å². The molecule has 2 aromatic heterocycles. The smallest absolute Gasteiger partial charge is 0.328 e. The summed E-state index contributed by atoms with van der Waals surface area (Å²) in [4.78, 5) is 39.8. The molecule has 0 aliphatic heterocycles. The number of H-pyrrole nitrogens is 1. The van der Waals surface area contributed by atoms with Crippen molar-refractivity contribution in [3.8, 4) is 0 Å². The van der Waals surface area contributed by atoms with Gasteiger partial charge in [0.05, 0.1) is 12.0 Å². The van der Waals surface area contributed by atoms with E-state index in [4.69, 9.17) is 10.2 Å². The summed E-state index contributed by atoms with van der Waals surface area (Å²) < 4.78 is 2.24. The number of nitrogens with zero attached hydrogens (tertiary/aromatic N) is 2. The molecular weight excluding hydrogens is 410 g/mol. The van der Waals surface area contributed by atoms with Crippen LogP contribution in [0.3, 0.4) is 0 Å². The van der Waals surface area contributed by atoms with Gasteiger partial charge >= 0.3 is 11.9 Å². The summed E-state index contributed by atoms with van der Waals surface area (Å²) in [6.45, 7) is 6.62. The first-order valence-electron chi connectivity index (χ1n) is 10.2. The number of allylic oxidation sites excluding steroid dienone is 1. The maximum atomic E-state index is 13.2. The lowest BCUT2D eigenvalue weighted by Crippen LogP contribution is -2.25. The third-order valence-electron chi connectivity index (χ3n) is 5.48. The number of aliphatic carboxylic acids is 2. The Hall–Kier alpha value is -3.94. The number of carboxylic acids is 2. The molecule has 8 heteroatoms. The van der Waals surface area contributed by atoms with Crippen LogP contribution in [-0.4, -0.2) is 42.5 Å². The minimum Gasteiger partial charge on any atom is -0.478 e. The number of Topliss-reactive ketones (excluding diaryl/α,β-unsaturated/α-hetero) is 1. The number of carbonyl (C=O) groups excluding carboxylic acids is 1. The van der Waals surface area contributed by atoms with Gasteiger partial charge in [-0.05, 0) is 25.8 Å². The predicted molar refractivity (Wildman–Crippen MR) is 120 cm³/mol. The number of para-hydroxylation sites is 1. The number of carboxylic acid groups (broad SMARTS) is 2. The van der Waals surface area contributed by atoms with Crippen LogP contribution in [0.25, 0.3) is 10.9 Å². The van der Waals surface area contributed by atoms with Gasteiger partial charge in [0.25, 0.3) is 0 Å². The van der Waals surface area contributed by atoms with Crippen molar-refractivity contribution in [1.82, 2.24) is 14.5 Å². The van der Waals surface area contributed by atoms with Gasteiger partial charge in [-0.25, -0.2) is 14.6 Å². The monoisotopic (exact) mass is 435 g/mol. The number of ketones is 1. The summed E-state index contributed by atoms with van der Waals surface area (Å²) in [5, 5.41) is 16.7. The molecule has 0 saturated carbocycles. The molecule has 2 heterocycles. The Kier molecular flexibility index (Phi) is 7.04. The number of aryl methyl sites for hydroxylation is 1. The van der Waals surface area contributed by atoms with E-state index >= 15 is 0 Å². The van der Waals surface area contributed by atoms with Gasteiger partial charge in [0, 0.05) is 58.9 Å². The zero-order valence-electron chi connectivity index (χ0n) is 17.7. The van der Waals surface area contributed by atoms with Crippen molar-refractivity contribution in [2.45, 2.75) is 32.7 Å². The average molecular weight is 435 g/mol. The van der Waals surface area contributed by atoms with E-state index in [9.17, 15) is 14.4 Å². The third kappa shape index (κ3) is 4.85. The molecule has 1 aliphatic rings. The first-order chi connectivity index (χ1) is 15.3. The van der Waals surface area contributed by atoms with Crippen LogP contribution in [-0.2, 0) is 29.0 Å². The second-order valence-corrected chi connectivity index (χ2v) is 7.53. The molecule has 4 rings (SSSR count). The highest BCUT2D eigenvalue weighted by molar-refractivity contribution is 6.11. The van der Waals surface area contributed by atoms with Crippen molar-refractivity contribution >= 4 is 28.6 Å². The van der Waals surface area contributed by atoms with Crippen LogP contribution >= 0.6 is 0 Å². The Balaban J connectivity index is 0.000000312. The topological polar surface area (TPSA) is 125 Å². The van der Waals surface area contributed by atoms with Crippen LogP contribution < -0.4 is 0 Å². The Morgan fingerprint density at radius 3 is 2.53 bits per heavy atom. The molecule has 32 heavy (non-hydrogen) atoms. The summed E-state index contributed by atoms with van der Waals surface area (Å²) in [7, 11) is 0. The number of carbonyl (C=O) groups is 3. The Labute approximate surface area is 184 Å². The minimum atomic E-state index is -1.26. The first kappa shape index (κ1) is 22.7. The summed E-state index contributed by atoms with van der Waals surface area (Å²) >= 11 is 0. The molecule has 0 spiro atoms. The van der Waals surface area contributed by atoms with Gasteiger partial charge in [-0.1, -0.05) is 24.3 Å². The van der Waals surface area contributed by atoms with E-state index in [1.165, 1.54) is 0 Å². The Morgan fingerprint density at radius 2 is 1.94 bits per heavy atom. The van der Waals surface area contributed by atoms with Gasteiger partial charge in [-0.15, -0.1) is 6.58 Å². The fourth-order valence-corrected chi connectivity index (χ4v) is 4.04. The largest absolute Gasteiger partial charge is 0.478 e. The van der Waals surface area contributed by atoms with E-state index in [0.717, 1.165) is 52.9 Å². The van der Waals surface area contributed by atoms with Crippen LogP contribution in [0.4, 0.5) is 0 Å². The molecule has 3 N–H and O–H groups in total. The molecular formula is C24H25N3O5. The first-order valence-corrected chi connectivity index (χ1v) is 10.2. The van der Waals surface area contributed by atoms with Crippen molar-refractivity contribution in [2.75, 3.05) is 0 Å². The predicted octanol–water partition coefficient (Wildman–Crippen LogP) is 3.56. The molecule has 0 amide bonds. The summed E-state index contributed by atoms with van der Waals surface area (Å²) in [6.07, 6.45) is 7.25. The Morgan fingerprint density at radius 1 is 1.25 bits per heavy atom. The molecule has 1 aliphatic carbocycles. The minimum absolute atomic E-state index is 0.0162. The lowest BCUT2D eigenvalue weighted by atomic mass is 9.82. The number of hydrogen-bond donors (Lipinski definition) is 3. The van der Waals surface area contributed by atoms with Crippen LogP contribution in [0.5, 0.6) is 0 Å². The van der Waals surface area contributed by atoms with E-state index in [2.05, 4.69) is 33.2 Å². The van der Waals surface area contributed by atoms with E-state index in [-0.39, 0.29) is 11.7 Å². The van der Waals surface area contributed by atoms with Crippen molar-refractivity contribution in [3.63, 3.8) is 0 Å². The number of imidazole rings is 1. The molecule has 3 aromatic rings. The summed E-state index contributed by atoms with van der Waals surface area (Å²) in [5.41, 5.74) is 5.27. The molecule has 166 valence electrons. The van der Waals surface area contributed by atoms with Crippen LogP contribution in [0.2, 0.25) is 0 Å². The number of rotatable bonds is 6. The van der Waals surface area contributed by atoms with Crippen LogP contribution in [0, 0.1) is 12.8 Å². The number of benzene rings is 1. The third-order valence-corrected chi connectivity index (χ3v) is 5.48. The molecule has 0 saturated heterocycles. The molecule has 1 unspecified atom stereocenters. The zero-order chi connectivity index (χ0) is 23.3. The standard InChI is InChI=1S/C20H21N3O.C4H4O4/c1-3-10-23-17-7-5-4-6-15(17)19-18(23)9-8-14(20(19)24)11-16-13(2)21-12-22-16;5-3(6)1-2-4(7)8/h3-7,12,14H,1,8-11H2,2H3,(H,21,22);1-2H,(H,5,6)(H,7,8). The van der Waals surface area contributed by atoms with E-state index in [0.29, 0.717) is 18.6 Å². The molecule has 8 nitrogen and oxygen atoms in total. The van der Waals surface area contributed by atoms with E-state index in [1.54, 1.807) is 6.33 Å². The highest BCUT2D eigenvalue weighted by atomic mass is 16.4. The SMILES string of the molecule is C=CCn1c2c(c3ccccc31)C(=O)C(Cc1nc[nH]c1C)CC2.O=C(O)C=CC(=O)O. The van der Waals surface area contributed by atoms with Crippen LogP contribution in [0.1, 0.15) is 33.9 Å². The number of aromatic nitrogens is 3. The van der Waals surface area contributed by atoms with Gasteiger partial charge in [0.1, 0.15) is 0 Å². The quantitative estimate of drug-likeness (QED) is 0.402. The van der Waals surface area contributed by atoms with Gasteiger partial charge in [-0.3, -0.25) is 4.79 Å². The molecule has 1 aromatic carbocycles.